The lowest BCUT2D eigenvalue weighted by molar-refractivity contribution is -0.353. The lowest BCUT2D eigenvalue weighted by Crippen LogP contribution is -2.58. The van der Waals surface area contributed by atoms with Crippen LogP contribution < -0.4 is 0 Å². The summed E-state index contributed by atoms with van der Waals surface area (Å²) < 4.78 is 47.0. The third-order valence-corrected chi connectivity index (χ3v) is 14.4. The van der Waals surface area contributed by atoms with Crippen molar-refractivity contribution in [1.82, 2.24) is 0 Å². The first-order valence-corrected chi connectivity index (χ1v) is 20.0. The molecule has 0 aliphatic carbocycles. The van der Waals surface area contributed by atoms with Crippen molar-refractivity contribution < 1.29 is 53.3 Å². The Balaban J connectivity index is 1.13. The van der Waals surface area contributed by atoms with Crippen LogP contribution in [0.1, 0.15) is 120 Å². The van der Waals surface area contributed by atoms with Crippen molar-refractivity contribution >= 4 is 5.97 Å². The Bertz CT molecular complexity index is 1230. The van der Waals surface area contributed by atoms with E-state index in [0.29, 0.717) is 6.42 Å². The molecule has 0 aromatic heterocycles. The highest BCUT2D eigenvalue weighted by Gasteiger charge is 2.65. The summed E-state index contributed by atoms with van der Waals surface area (Å²) in [4.78, 5) is 11.8. The number of methoxy groups -OCH3 is 1. The summed E-state index contributed by atoms with van der Waals surface area (Å²) in [6.07, 6.45) is 5.85. The molecule has 0 amide bonds. The number of hydrogen-bond donors (Lipinski definition) is 3. The minimum Gasteiger partial charge on any atom is -0.481 e. The van der Waals surface area contributed by atoms with Crippen LogP contribution in [0.15, 0.2) is 0 Å². The fourth-order valence-corrected chi connectivity index (χ4v) is 11.3. The molecule has 19 atom stereocenters. The van der Waals surface area contributed by atoms with E-state index in [4.69, 9.17) is 33.2 Å². The largest absolute Gasteiger partial charge is 0.481 e. The molecule has 6 rings (SSSR count). The molecule has 0 radical (unpaired) electrons. The molecule has 6 aliphatic heterocycles. The van der Waals surface area contributed by atoms with Crippen LogP contribution in [0, 0.1) is 41.4 Å². The maximum atomic E-state index is 11.8. The molecule has 294 valence electrons. The lowest BCUT2D eigenvalue weighted by Gasteiger charge is -2.50. The third-order valence-electron chi connectivity index (χ3n) is 14.4. The monoisotopic (exact) mass is 724 g/mol. The van der Waals surface area contributed by atoms with Gasteiger partial charge in [-0.05, 0) is 83.5 Å². The SMILES string of the molecule is CO[C@@H]1C[C@@H](C[C@H]2CC[C@H](C)C([C@@H](C)C(=O)O)O2)O[C@]2(O[C@@](C)(C3CC[C@@](C)([C@@H]4O[C@@H]([C@@H]5O[C@@](O)(CO)[C@H](C)CC5C)C[C@@H]4C)O3)C[C@H]2C)[C@@H]1C. The van der Waals surface area contributed by atoms with E-state index >= 15 is 0 Å². The summed E-state index contributed by atoms with van der Waals surface area (Å²) >= 11 is 0. The maximum absolute atomic E-state index is 11.8. The van der Waals surface area contributed by atoms with Gasteiger partial charge < -0.3 is 48.5 Å². The van der Waals surface area contributed by atoms with E-state index in [2.05, 4.69) is 48.5 Å². The second-order valence-electron chi connectivity index (χ2n) is 18.4. The molecular weight excluding hydrogens is 656 g/mol. The number of carbonyl (C=O) groups is 1. The number of hydrogen-bond acceptors (Lipinski definition) is 10. The van der Waals surface area contributed by atoms with E-state index in [1.165, 1.54) is 0 Å². The molecule has 6 heterocycles. The number of aliphatic hydroxyl groups excluding tert-OH is 1. The molecule has 6 fully saturated rings. The highest BCUT2D eigenvalue weighted by atomic mass is 16.7. The Morgan fingerprint density at radius 1 is 0.863 bits per heavy atom. The van der Waals surface area contributed by atoms with Crippen molar-refractivity contribution in [2.75, 3.05) is 13.7 Å². The van der Waals surface area contributed by atoms with E-state index in [9.17, 15) is 20.1 Å². The van der Waals surface area contributed by atoms with Gasteiger partial charge in [-0.25, -0.2) is 0 Å². The molecule has 6 saturated heterocycles. The Morgan fingerprint density at radius 2 is 1.59 bits per heavy atom. The molecule has 51 heavy (non-hydrogen) atoms. The predicted octanol–water partition coefficient (Wildman–Crippen LogP) is 5.71. The Labute approximate surface area is 305 Å². The van der Waals surface area contributed by atoms with E-state index in [0.717, 1.165) is 51.4 Å². The second-order valence-corrected chi connectivity index (χ2v) is 18.4. The normalized spacial score (nSPS) is 54.2. The smallest absolute Gasteiger partial charge is 0.308 e. The molecule has 0 bridgehead atoms. The average Bonchev–Trinajstić information content (AvgIpc) is 3.75. The summed E-state index contributed by atoms with van der Waals surface area (Å²) in [6, 6.07) is 0. The van der Waals surface area contributed by atoms with Gasteiger partial charge in [-0.2, -0.15) is 0 Å². The van der Waals surface area contributed by atoms with E-state index < -0.39 is 41.3 Å². The molecular formula is C40H68O11. The zero-order valence-electron chi connectivity index (χ0n) is 32.8. The number of carboxylic acid groups (broad SMARTS) is 1. The van der Waals surface area contributed by atoms with Crippen LogP contribution in [0.25, 0.3) is 0 Å². The van der Waals surface area contributed by atoms with Crippen molar-refractivity contribution in [2.45, 2.75) is 192 Å². The van der Waals surface area contributed by atoms with E-state index in [1.54, 1.807) is 14.0 Å². The lowest BCUT2D eigenvalue weighted by atomic mass is 9.78. The number of aliphatic carboxylic acids is 1. The molecule has 11 heteroatoms. The molecule has 6 aliphatic rings. The maximum Gasteiger partial charge on any atom is 0.308 e. The Morgan fingerprint density at radius 3 is 2.25 bits per heavy atom. The first-order chi connectivity index (χ1) is 23.9. The second kappa shape index (κ2) is 14.6. The topological polar surface area (TPSA) is 142 Å². The molecule has 0 saturated carbocycles. The van der Waals surface area contributed by atoms with Crippen LogP contribution >= 0.6 is 0 Å². The Hall–Kier alpha value is -0.890. The molecule has 3 unspecified atom stereocenters. The van der Waals surface area contributed by atoms with Crippen LogP contribution in [0.3, 0.4) is 0 Å². The van der Waals surface area contributed by atoms with Gasteiger partial charge >= 0.3 is 5.97 Å². The Kier molecular flexibility index (Phi) is 11.4. The minimum absolute atomic E-state index is 0.00727. The van der Waals surface area contributed by atoms with Gasteiger partial charge in [-0.3, -0.25) is 4.79 Å². The minimum atomic E-state index is -1.55. The summed E-state index contributed by atoms with van der Waals surface area (Å²) in [7, 11) is 1.77. The predicted molar refractivity (Wildman–Crippen MR) is 189 cm³/mol. The number of rotatable bonds is 9. The van der Waals surface area contributed by atoms with Gasteiger partial charge in [-0.1, -0.05) is 41.5 Å². The molecule has 0 aromatic carbocycles. The summed E-state index contributed by atoms with van der Waals surface area (Å²) in [6.45, 7) is 18.4. The average molecular weight is 725 g/mol. The van der Waals surface area contributed by atoms with Crippen LogP contribution in [0.5, 0.6) is 0 Å². The summed E-state index contributed by atoms with van der Waals surface area (Å²) in [5.41, 5.74) is -1.10. The number of carboxylic acids is 1. The molecule has 1 spiro atoms. The van der Waals surface area contributed by atoms with Crippen molar-refractivity contribution in [3.05, 3.63) is 0 Å². The van der Waals surface area contributed by atoms with Gasteiger partial charge in [0.2, 0.25) is 0 Å². The molecule has 11 nitrogen and oxygen atoms in total. The van der Waals surface area contributed by atoms with Gasteiger partial charge in [-0.15, -0.1) is 0 Å². The fraction of sp³-hybridized carbons (Fsp3) is 0.975. The van der Waals surface area contributed by atoms with Crippen LogP contribution in [-0.2, 0) is 38.0 Å². The highest BCUT2D eigenvalue weighted by Crippen LogP contribution is 2.57. The van der Waals surface area contributed by atoms with Crippen LogP contribution in [0.2, 0.25) is 0 Å². The molecule has 3 N–H and O–H groups in total. The van der Waals surface area contributed by atoms with Crippen molar-refractivity contribution in [2.24, 2.45) is 41.4 Å². The number of aliphatic hydroxyl groups is 2. The van der Waals surface area contributed by atoms with Gasteiger partial charge in [0.15, 0.2) is 11.6 Å². The zero-order chi connectivity index (χ0) is 37.3. The van der Waals surface area contributed by atoms with Gasteiger partial charge in [0.25, 0.3) is 0 Å². The quantitative estimate of drug-likeness (QED) is 0.269. The highest BCUT2D eigenvalue weighted by molar-refractivity contribution is 5.70. The van der Waals surface area contributed by atoms with Gasteiger partial charge in [0, 0.05) is 37.7 Å². The van der Waals surface area contributed by atoms with Crippen molar-refractivity contribution in [1.29, 1.82) is 0 Å². The van der Waals surface area contributed by atoms with Crippen molar-refractivity contribution in [3.63, 3.8) is 0 Å². The third kappa shape index (κ3) is 7.19. The van der Waals surface area contributed by atoms with Crippen LogP contribution in [0.4, 0.5) is 0 Å². The van der Waals surface area contributed by atoms with Crippen molar-refractivity contribution in [3.8, 4) is 0 Å². The number of ether oxygens (including phenoxy) is 7. The fourth-order valence-electron chi connectivity index (χ4n) is 11.3. The standard InChI is InChI=1S/C40H68O11/c1-21-11-12-28(46-33(21)26(6)36(42)43)17-29-18-30(45-10)27(7)40(48-29)25(5)19-38(9,51-40)32-13-14-37(8,49-32)35-23(3)16-31(47-35)34-22(2)15-24(4)39(44,20-41)50-34/h21-35,41,44H,11-20H2,1-10H3,(H,42,43)/t21-,22?,23-,24+,25+,26+,27+,28+,29+,30+,31+,32?,33?,34+,35+,37-,38+,39-,40+/m0/s1. The zero-order valence-corrected chi connectivity index (χ0v) is 32.8. The van der Waals surface area contributed by atoms with Gasteiger partial charge in [0.05, 0.1) is 72.6 Å². The summed E-state index contributed by atoms with van der Waals surface area (Å²) in [5, 5.41) is 30.7. The summed E-state index contributed by atoms with van der Waals surface area (Å²) in [5.74, 6) is -3.26. The van der Waals surface area contributed by atoms with E-state index in [-0.39, 0.29) is 84.3 Å². The van der Waals surface area contributed by atoms with E-state index in [1.807, 2.05) is 6.92 Å². The van der Waals surface area contributed by atoms with Crippen LogP contribution in [-0.4, -0.2) is 107 Å². The first-order valence-electron chi connectivity index (χ1n) is 20.0. The first kappa shape index (κ1) is 39.8. The van der Waals surface area contributed by atoms with Gasteiger partial charge in [0.1, 0.15) is 0 Å². The molecule has 0 aromatic rings.